The van der Waals surface area contributed by atoms with Crippen molar-refractivity contribution < 1.29 is 14.6 Å². The Balaban J connectivity index is 2.13. The lowest BCUT2D eigenvalue weighted by Gasteiger charge is -2.21. The molecular formula is C16H16Cl2O3. The molecular weight excluding hydrogens is 311 g/mol. The molecule has 0 saturated heterocycles. The van der Waals surface area contributed by atoms with Gasteiger partial charge < -0.3 is 14.6 Å². The van der Waals surface area contributed by atoms with Gasteiger partial charge in [0.2, 0.25) is 0 Å². The summed E-state index contributed by atoms with van der Waals surface area (Å²) >= 11 is 11.9. The van der Waals surface area contributed by atoms with Crippen LogP contribution in [0.25, 0.3) is 0 Å². The van der Waals surface area contributed by atoms with Crippen molar-refractivity contribution in [3.05, 3.63) is 58.1 Å². The van der Waals surface area contributed by atoms with Crippen molar-refractivity contribution in [3.63, 3.8) is 0 Å². The molecule has 0 bridgehead atoms. The summed E-state index contributed by atoms with van der Waals surface area (Å²) < 4.78 is 10.9. The molecule has 0 aliphatic rings. The van der Waals surface area contributed by atoms with Gasteiger partial charge in [0.15, 0.2) is 0 Å². The molecule has 0 aliphatic heterocycles. The number of methoxy groups -OCH3 is 1. The molecule has 3 nitrogen and oxygen atoms in total. The molecule has 0 heterocycles. The molecule has 2 unspecified atom stereocenters. The second-order valence-electron chi connectivity index (χ2n) is 4.62. The smallest absolute Gasteiger partial charge is 0.137 e. The van der Waals surface area contributed by atoms with Crippen LogP contribution in [0.1, 0.15) is 18.6 Å². The fourth-order valence-electron chi connectivity index (χ4n) is 1.95. The minimum Gasteiger partial charge on any atom is -0.495 e. The third-order valence-electron chi connectivity index (χ3n) is 3.08. The fourth-order valence-corrected chi connectivity index (χ4v) is 2.33. The van der Waals surface area contributed by atoms with Crippen LogP contribution in [0.15, 0.2) is 42.5 Å². The first-order chi connectivity index (χ1) is 10.0. The van der Waals surface area contributed by atoms with Gasteiger partial charge in [0.05, 0.1) is 12.1 Å². The van der Waals surface area contributed by atoms with Crippen LogP contribution in [0, 0.1) is 0 Å². The molecule has 2 rings (SSSR count). The Kier molecular flexibility index (Phi) is 5.34. The van der Waals surface area contributed by atoms with E-state index in [4.69, 9.17) is 32.7 Å². The van der Waals surface area contributed by atoms with Crippen LogP contribution in [-0.4, -0.2) is 18.3 Å². The predicted octanol–water partition coefficient (Wildman–Crippen LogP) is 4.50. The summed E-state index contributed by atoms with van der Waals surface area (Å²) in [5, 5.41) is 11.5. The summed E-state index contributed by atoms with van der Waals surface area (Å²) in [5.74, 6) is 1.12. The lowest BCUT2D eigenvalue weighted by atomic mass is 10.1. The van der Waals surface area contributed by atoms with Crippen LogP contribution in [-0.2, 0) is 0 Å². The zero-order valence-electron chi connectivity index (χ0n) is 11.7. The van der Waals surface area contributed by atoms with Crippen molar-refractivity contribution in [1.82, 2.24) is 0 Å². The molecule has 0 amide bonds. The molecule has 5 heteroatoms. The van der Waals surface area contributed by atoms with Crippen molar-refractivity contribution in [2.45, 2.75) is 19.1 Å². The molecule has 0 fully saturated rings. The van der Waals surface area contributed by atoms with Gasteiger partial charge in [0, 0.05) is 5.02 Å². The molecule has 21 heavy (non-hydrogen) atoms. The van der Waals surface area contributed by atoms with Crippen LogP contribution < -0.4 is 9.47 Å². The molecule has 0 aliphatic carbocycles. The number of rotatable bonds is 5. The van der Waals surface area contributed by atoms with E-state index in [2.05, 4.69) is 0 Å². The highest BCUT2D eigenvalue weighted by Gasteiger charge is 2.19. The minimum absolute atomic E-state index is 0.450. The Bertz CT molecular complexity index is 616. The maximum atomic E-state index is 10.4. The van der Waals surface area contributed by atoms with Gasteiger partial charge in [-0.3, -0.25) is 0 Å². The van der Waals surface area contributed by atoms with Gasteiger partial charge in [-0.25, -0.2) is 0 Å². The Labute approximate surface area is 134 Å². The third kappa shape index (κ3) is 4.03. The summed E-state index contributed by atoms with van der Waals surface area (Å²) in [6, 6.07) is 12.2. The van der Waals surface area contributed by atoms with Crippen molar-refractivity contribution >= 4 is 23.2 Å². The lowest BCUT2D eigenvalue weighted by Crippen LogP contribution is -2.21. The summed E-state index contributed by atoms with van der Waals surface area (Å²) in [7, 11) is 1.53. The number of aliphatic hydroxyl groups is 1. The largest absolute Gasteiger partial charge is 0.495 e. The maximum Gasteiger partial charge on any atom is 0.137 e. The predicted molar refractivity (Wildman–Crippen MR) is 84.5 cm³/mol. The van der Waals surface area contributed by atoms with Crippen LogP contribution in [0.4, 0.5) is 0 Å². The van der Waals surface area contributed by atoms with E-state index in [-0.39, 0.29) is 0 Å². The first-order valence-corrected chi connectivity index (χ1v) is 7.20. The number of halogens is 2. The van der Waals surface area contributed by atoms with Gasteiger partial charge in [0.1, 0.15) is 23.7 Å². The highest BCUT2D eigenvalue weighted by atomic mass is 35.5. The first-order valence-electron chi connectivity index (χ1n) is 6.45. The SMILES string of the molecule is COc1cc(C(O)C(C)Oc2cccc(Cl)c2)ccc1Cl. The molecule has 2 atom stereocenters. The Hall–Kier alpha value is -1.42. The van der Waals surface area contributed by atoms with Crippen LogP contribution in [0.5, 0.6) is 11.5 Å². The Morgan fingerprint density at radius 3 is 2.52 bits per heavy atom. The number of benzene rings is 2. The maximum absolute atomic E-state index is 10.4. The Morgan fingerprint density at radius 1 is 1.10 bits per heavy atom. The van der Waals surface area contributed by atoms with Crippen molar-refractivity contribution in [2.24, 2.45) is 0 Å². The van der Waals surface area contributed by atoms with Gasteiger partial charge in [-0.1, -0.05) is 35.3 Å². The zero-order chi connectivity index (χ0) is 15.4. The topological polar surface area (TPSA) is 38.7 Å². The van der Waals surface area contributed by atoms with Crippen LogP contribution in [0.3, 0.4) is 0 Å². The molecule has 0 saturated carbocycles. The standard InChI is InChI=1S/C16H16Cl2O3/c1-10(21-13-5-3-4-12(17)9-13)16(19)11-6-7-14(18)15(8-11)20-2/h3-10,16,19H,1-2H3. The third-order valence-corrected chi connectivity index (χ3v) is 3.63. The molecule has 0 spiro atoms. The van der Waals surface area contributed by atoms with Gasteiger partial charge in [-0.2, -0.15) is 0 Å². The number of hydrogen-bond donors (Lipinski definition) is 1. The quantitative estimate of drug-likeness (QED) is 0.878. The monoisotopic (exact) mass is 326 g/mol. The van der Waals surface area contributed by atoms with E-state index in [1.54, 1.807) is 49.4 Å². The van der Waals surface area contributed by atoms with Crippen molar-refractivity contribution in [2.75, 3.05) is 7.11 Å². The lowest BCUT2D eigenvalue weighted by molar-refractivity contribution is 0.0466. The number of hydrogen-bond acceptors (Lipinski definition) is 3. The molecule has 112 valence electrons. The molecule has 2 aromatic carbocycles. The van der Waals surface area contributed by atoms with E-state index in [0.29, 0.717) is 27.1 Å². The number of ether oxygens (including phenoxy) is 2. The van der Waals surface area contributed by atoms with Crippen molar-refractivity contribution in [3.8, 4) is 11.5 Å². The highest BCUT2D eigenvalue weighted by molar-refractivity contribution is 6.32. The first kappa shape index (κ1) is 16.0. The van der Waals surface area contributed by atoms with Crippen LogP contribution >= 0.6 is 23.2 Å². The molecule has 1 N–H and O–H groups in total. The highest BCUT2D eigenvalue weighted by Crippen LogP contribution is 2.30. The van der Waals surface area contributed by atoms with E-state index in [1.807, 2.05) is 0 Å². The number of aliphatic hydroxyl groups excluding tert-OH is 1. The van der Waals surface area contributed by atoms with E-state index in [0.717, 1.165) is 0 Å². The summed E-state index contributed by atoms with van der Waals surface area (Å²) in [4.78, 5) is 0. The van der Waals surface area contributed by atoms with E-state index in [1.165, 1.54) is 7.11 Å². The summed E-state index contributed by atoms with van der Waals surface area (Å²) in [6.45, 7) is 1.78. The fraction of sp³-hybridized carbons (Fsp3) is 0.250. The molecule has 0 radical (unpaired) electrons. The Morgan fingerprint density at radius 2 is 1.86 bits per heavy atom. The van der Waals surface area contributed by atoms with E-state index in [9.17, 15) is 5.11 Å². The van der Waals surface area contributed by atoms with Crippen LogP contribution in [0.2, 0.25) is 10.0 Å². The molecule has 2 aromatic rings. The van der Waals surface area contributed by atoms with Gasteiger partial charge in [-0.15, -0.1) is 0 Å². The average molecular weight is 327 g/mol. The zero-order valence-corrected chi connectivity index (χ0v) is 13.2. The second-order valence-corrected chi connectivity index (χ2v) is 5.46. The summed E-state index contributed by atoms with van der Waals surface area (Å²) in [6.07, 6.45) is -1.26. The second kappa shape index (κ2) is 7.03. The van der Waals surface area contributed by atoms with E-state index >= 15 is 0 Å². The normalized spacial score (nSPS) is 13.6. The molecule has 0 aromatic heterocycles. The average Bonchev–Trinajstić information content (AvgIpc) is 2.47. The summed E-state index contributed by atoms with van der Waals surface area (Å²) in [5.41, 5.74) is 0.672. The van der Waals surface area contributed by atoms with Gasteiger partial charge in [0.25, 0.3) is 0 Å². The van der Waals surface area contributed by atoms with Gasteiger partial charge in [-0.05, 0) is 42.8 Å². The van der Waals surface area contributed by atoms with E-state index < -0.39 is 12.2 Å². The van der Waals surface area contributed by atoms with Gasteiger partial charge >= 0.3 is 0 Å². The minimum atomic E-state index is -0.810. The van der Waals surface area contributed by atoms with Crippen molar-refractivity contribution in [1.29, 1.82) is 0 Å².